The van der Waals surface area contributed by atoms with Gasteiger partial charge in [-0.05, 0) is 48.7 Å². The summed E-state index contributed by atoms with van der Waals surface area (Å²) in [6.07, 6.45) is -0.432. The van der Waals surface area contributed by atoms with Crippen LogP contribution in [0.25, 0.3) is 11.3 Å². The van der Waals surface area contributed by atoms with E-state index >= 15 is 0 Å². The maximum Gasteiger partial charge on any atom is 0.419 e. The summed E-state index contributed by atoms with van der Waals surface area (Å²) in [6.45, 7) is 0. The lowest BCUT2D eigenvalue weighted by Gasteiger charge is -2.27. The molecule has 0 unspecified atom stereocenters. The molecule has 2 N–H and O–H groups in total. The van der Waals surface area contributed by atoms with Crippen LogP contribution in [0, 0.1) is 0 Å². The molecule has 0 bridgehead atoms. The third-order valence-corrected chi connectivity index (χ3v) is 4.15. The molecule has 128 valence electrons. The standard InChI is InChI=1S/C16H15ClF3N3O/c17-14-22-8-5-12(23-14)10-3-4-13(11(9-10)16(18,19)20)24-15(21)6-1-2-7-15/h3-5,8-9H,1-2,6-7,21H2. The van der Waals surface area contributed by atoms with E-state index in [-0.39, 0.29) is 16.6 Å². The van der Waals surface area contributed by atoms with Crippen LogP contribution in [0.15, 0.2) is 30.5 Å². The van der Waals surface area contributed by atoms with Crippen molar-refractivity contribution in [3.63, 3.8) is 0 Å². The first-order valence-electron chi connectivity index (χ1n) is 7.45. The van der Waals surface area contributed by atoms with E-state index in [1.807, 2.05) is 0 Å². The summed E-state index contributed by atoms with van der Waals surface area (Å²) in [5, 5.41) is -0.0340. The molecule has 3 rings (SSSR count). The lowest BCUT2D eigenvalue weighted by atomic mass is 10.1. The molecule has 1 saturated carbocycles. The van der Waals surface area contributed by atoms with E-state index in [1.54, 1.807) is 0 Å². The molecule has 4 nitrogen and oxygen atoms in total. The summed E-state index contributed by atoms with van der Waals surface area (Å²) in [6, 6.07) is 5.26. The fourth-order valence-corrected chi connectivity index (χ4v) is 2.94. The first kappa shape index (κ1) is 17.0. The van der Waals surface area contributed by atoms with Gasteiger partial charge in [-0.1, -0.05) is 0 Å². The second-order valence-electron chi connectivity index (χ2n) is 5.79. The second kappa shape index (κ2) is 6.22. The molecule has 1 aliphatic rings. The Morgan fingerprint density at radius 3 is 2.50 bits per heavy atom. The third-order valence-electron chi connectivity index (χ3n) is 3.97. The van der Waals surface area contributed by atoms with Crippen molar-refractivity contribution in [2.45, 2.75) is 37.6 Å². The van der Waals surface area contributed by atoms with Crippen molar-refractivity contribution in [3.05, 3.63) is 41.3 Å². The van der Waals surface area contributed by atoms with Crippen molar-refractivity contribution in [1.29, 1.82) is 0 Å². The predicted octanol–water partition coefficient (Wildman–Crippen LogP) is 4.42. The number of nitrogens with two attached hydrogens (primary N) is 1. The summed E-state index contributed by atoms with van der Waals surface area (Å²) in [7, 11) is 0. The van der Waals surface area contributed by atoms with Gasteiger partial charge in [0.1, 0.15) is 5.75 Å². The number of aromatic nitrogens is 2. The zero-order valence-corrected chi connectivity index (χ0v) is 13.4. The Morgan fingerprint density at radius 2 is 1.88 bits per heavy atom. The summed E-state index contributed by atoms with van der Waals surface area (Å²) in [5.41, 5.74) is 4.70. The molecule has 0 saturated heterocycles. The fraction of sp³-hybridized carbons (Fsp3) is 0.375. The molecular formula is C16H15ClF3N3O. The highest BCUT2D eigenvalue weighted by Crippen LogP contribution is 2.41. The van der Waals surface area contributed by atoms with Crippen molar-refractivity contribution in [1.82, 2.24) is 9.97 Å². The molecule has 0 amide bonds. The molecule has 1 aliphatic carbocycles. The van der Waals surface area contributed by atoms with E-state index in [4.69, 9.17) is 22.1 Å². The molecular weight excluding hydrogens is 343 g/mol. The number of hydrogen-bond acceptors (Lipinski definition) is 4. The van der Waals surface area contributed by atoms with Crippen LogP contribution in [-0.2, 0) is 6.18 Å². The van der Waals surface area contributed by atoms with Gasteiger partial charge in [-0.2, -0.15) is 13.2 Å². The largest absolute Gasteiger partial charge is 0.472 e. The van der Waals surface area contributed by atoms with Crippen LogP contribution in [0.4, 0.5) is 13.2 Å². The van der Waals surface area contributed by atoms with E-state index in [1.165, 1.54) is 24.4 Å². The Bertz CT molecular complexity index is 746. The summed E-state index contributed by atoms with van der Waals surface area (Å²) in [5.74, 6) is -0.268. The zero-order chi connectivity index (χ0) is 17.4. The summed E-state index contributed by atoms with van der Waals surface area (Å²) < 4.78 is 45.9. The van der Waals surface area contributed by atoms with Crippen LogP contribution < -0.4 is 10.5 Å². The molecule has 1 fully saturated rings. The van der Waals surface area contributed by atoms with Gasteiger partial charge in [0.2, 0.25) is 5.28 Å². The van der Waals surface area contributed by atoms with Gasteiger partial charge in [0.25, 0.3) is 0 Å². The number of rotatable bonds is 3. The van der Waals surface area contributed by atoms with E-state index in [0.29, 0.717) is 18.5 Å². The first-order valence-corrected chi connectivity index (χ1v) is 7.83. The highest BCUT2D eigenvalue weighted by Gasteiger charge is 2.38. The number of halogens is 4. The lowest BCUT2D eigenvalue weighted by molar-refractivity contribution is -0.139. The molecule has 8 heteroatoms. The van der Waals surface area contributed by atoms with Crippen molar-refractivity contribution in [2.24, 2.45) is 5.73 Å². The predicted molar refractivity (Wildman–Crippen MR) is 83.5 cm³/mol. The van der Waals surface area contributed by atoms with Crippen molar-refractivity contribution >= 4 is 11.6 Å². The minimum absolute atomic E-state index is 0.0340. The quantitative estimate of drug-likeness (QED) is 0.652. The molecule has 2 aromatic rings. The van der Waals surface area contributed by atoms with Crippen LogP contribution in [0.3, 0.4) is 0 Å². The second-order valence-corrected chi connectivity index (χ2v) is 6.13. The van der Waals surface area contributed by atoms with Crippen LogP contribution in [-0.4, -0.2) is 15.7 Å². The molecule has 1 heterocycles. The van der Waals surface area contributed by atoms with Gasteiger partial charge in [0, 0.05) is 24.6 Å². The summed E-state index contributed by atoms with van der Waals surface area (Å²) >= 11 is 5.70. The number of hydrogen-bond donors (Lipinski definition) is 1. The highest BCUT2D eigenvalue weighted by atomic mass is 35.5. The van der Waals surface area contributed by atoms with Gasteiger partial charge in [-0.15, -0.1) is 0 Å². The summed E-state index contributed by atoms with van der Waals surface area (Å²) in [4.78, 5) is 7.66. The Labute approximate surface area is 141 Å². The van der Waals surface area contributed by atoms with Gasteiger partial charge in [0.15, 0.2) is 5.72 Å². The number of ether oxygens (including phenoxy) is 1. The highest BCUT2D eigenvalue weighted by molar-refractivity contribution is 6.28. The molecule has 1 aromatic heterocycles. The average molecular weight is 358 g/mol. The molecule has 1 aromatic carbocycles. The first-order chi connectivity index (χ1) is 11.3. The molecule has 0 atom stereocenters. The maximum atomic E-state index is 13.4. The number of alkyl halides is 3. The van der Waals surface area contributed by atoms with E-state index < -0.39 is 17.5 Å². The van der Waals surface area contributed by atoms with Crippen LogP contribution >= 0.6 is 11.6 Å². The Balaban J connectivity index is 2.01. The van der Waals surface area contributed by atoms with Gasteiger partial charge in [0.05, 0.1) is 11.3 Å². The molecule has 0 radical (unpaired) electrons. The van der Waals surface area contributed by atoms with Crippen molar-refractivity contribution in [3.8, 4) is 17.0 Å². The van der Waals surface area contributed by atoms with Gasteiger partial charge in [-0.3, -0.25) is 5.73 Å². The Morgan fingerprint density at radius 1 is 1.17 bits per heavy atom. The van der Waals surface area contributed by atoms with Crippen LogP contribution in [0.1, 0.15) is 31.2 Å². The minimum atomic E-state index is -4.57. The van der Waals surface area contributed by atoms with Crippen LogP contribution in [0.5, 0.6) is 5.75 Å². The minimum Gasteiger partial charge on any atom is -0.472 e. The lowest BCUT2D eigenvalue weighted by Crippen LogP contribution is -2.43. The molecule has 0 spiro atoms. The van der Waals surface area contributed by atoms with E-state index in [0.717, 1.165) is 18.9 Å². The van der Waals surface area contributed by atoms with E-state index in [9.17, 15) is 13.2 Å². The smallest absolute Gasteiger partial charge is 0.419 e. The van der Waals surface area contributed by atoms with E-state index in [2.05, 4.69) is 9.97 Å². The topological polar surface area (TPSA) is 61.0 Å². The normalized spacial score (nSPS) is 17.0. The SMILES string of the molecule is NC1(Oc2ccc(-c3ccnc(Cl)n3)cc2C(F)(F)F)CCCC1. The van der Waals surface area contributed by atoms with Crippen LogP contribution in [0.2, 0.25) is 5.28 Å². The zero-order valence-electron chi connectivity index (χ0n) is 12.6. The van der Waals surface area contributed by atoms with Crippen molar-refractivity contribution in [2.75, 3.05) is 0 Å². The third kappa shape index (κ3) is 3.62. The van der Waals surface area contributed by atoms with Gasteiger partial charge < -0.3 is 4.74 Å². The van der Waals surface area contributed by atoms with Crippen molar-refractivity contribution < 1.29 is 17.9 Å². The maximum absolute atomic E-state index is 13.4. The monoisotopic (exact) mass is 357 g/mol. The van der Waals surface area contributed by atoms with Gasteiger partial charge in [-0.25, -0.2) is 9.97 Å². The van der Waals surface area contributed by atoms with Gasteiger partial charge >= 0.3 is 6.18 Å². The average Bonchev–Trinajstić information content (AvgIpc) is 2.93. The number of nitrogens with zero attached hydrogens (tertiary/aromatic N) is 2. The molecule has 24 heavy (non-hydrogen) atoms. The Hall–Kier alpha value is -1.86. The fourth-order valence-electron chi connectivity index (χ4n) is 2.79. The number of benzene rings is 1. The Kier molecular flexibility index (Phi) is 4.40. The molecule has 0 aliphatic heterocycles.